The first kappa shape index (κ1) is 26.0. The van der Waals surface area contributed by atoms with Crippen molar-refractivity contribution in [2.24, 2.45) is 5.92 Å². The van der Waals surface area contributed by atoms with Gasteiger partial charge in [-0.1, -0.05) is 19.1 Å². The third-order valence-corrected chi connectivity index (χ3v) is 6.74. The first-order valence-corrected chi connectivity index (χ1v) is 13.4. The van der Waals surface area contributed by atoms with Gasteiger partial charge < -0.3 is 25.0 Å². The average Bonchev–Trinajstić information content (AvgIpc) is 2.89. The zero-order valence-corrected chi connectivity index (χ0v) is 22.2. The predicted molar refractivity (Wildman–Crippen MR) is 148 cm³/mol. The van der Waals surface area contributed by atoms with E-state index in [2.05, 4.69) is 40.7 Å². The maximum absolute atomic E-state index is 5.84. The number of hydrogen-bond acceptors (Lipinski definition) is 7. The Morgan fingerprint density at radius 2 is 1.78 bits per heavy atom. The van der Waals surface area contributed by atoms with Crippen LogP contribution < -0.4 is 25.0 Å². The SMILES string of the molecule is CCCOc1ccc(OCC)c(CNCC2CCC(Nc3nc(N(C)C)c4ccccc4n3)CC2)c1. The van der Waals surface area contributed by atoms with Crippen LogP contribution in [0.15, 0.2) is 42.5 Å². The normalized spacial score (nSPS) is 17.7. The Balaban J connectivity index is 1.28. The van der Waals surface area contributed by atoms with Gasteiger partial charge in [0.05, 0.1) is 18.7 Å². The summed E-state index contributed by atoms with van der Waals surface area (Å²) >= 11 is 0. The van der Waals surface area contributed by atoms with Gasteiger partial charge >= 0.3 is 0 Å². The van der Waals surface area contributed by atoms with Crippen molar-refractivity contribution in [3.05, 3.63) is 48.0 Å². The number of benzene rings is 2. The minimum Gasteiger partial charge on any atom is -0.494 e. The van der Waals surface area contributed by atoms with Crippen molar-refractivity contribution in [1.82, 2.24) is 15.3 Å². The summed E-state index contributed by atoms with van der Waals surface area (Å²) in [6, 6.07) is 14.8. The van der Waals surface area contributed by atoms with E-state index in [1.54, 1.807) is 0 Å². The molecular formula is C29H41N5O2. The Morgan fingerprint density at radius 3 is 2.53 bits per heavy atom. The van der Waals surface area contributed by atoms with Crippen molar-refractivity contribution >= 4 is 22.7 Å². The van der Waals surface area contributed by atoms with Gasteiger partial charge in [0, 0.05) is 37.6 Å². The van der Waals surface area contributed by atoms with Crippen LogP contribution in [0.4, 0.5) is 11.8 Å². The molecule has 7 heteroatoms. The number of anilines is 2. The van der Waals surface area contributed by atoms with Crippen molar-refractivity contribution in [2.75, 3.05) is 44.1 Å². The fourth-order valence-corrected chi connectivity index (χ4v) is 4.87. The van der Waals surface area contributed by atoms with Crippen LogP contribution in [0.5, 0.6) is 11.5 Å². The fourth-order valence-electron chi connectivity index (χ4n) is 4.87. The van der Waals surface area contributed by atoms with Gasteiger partial charge in [-0.25, -0.2) is 4.98 Å². The van der Waals surface area contributed by atoms with Crippen molar-refractivity contribution < 1.29 is 9.47 Å². The number of hydrogen-bond donors (Lipinski definition) is 2. The van der Waals surface area contributed by atoms with Gasteiger partial charge in [-0.05, 0) is 81.8 Å². The molecule has 0 aliphatic heterocycles. The lowest BCUT2D eigenvalue weighted by Gasteiger charge is -2.29. The second kappa shape index (κ2) is 12.8. The van der Waals surface area contributed by atoms with Gasteiger partial charge in [0.1, 0.15) is 17.3 Å². The Kier molecular flexibility index (Phi) is 9.23. The molecule has 0 amide bonds. The molecule has 7 nitrogen and oxygen atoms in total. The Bertz CT molecular complexity index is 1110. The number of nitrogens with one attached hydrogen (secondary N) is 2. The molecule has 0 saturated heterocycles. The Labute approximate surface area is 215 Å². The van der Waals surface area contributed by atoms with Crippen LogP contribution in [0.3, 0.4) is 0 Å². The molecule has 0 spiro atoms. The van der Waals surface area contributed by atoms with Crippen LogP contribution in [0.2, 0.25) is 0 Å². The molecule has 36 heavy (non-hydrogen) atoms. The zero-order valence-electron chi connectivity index (χ0n) is 22.2. The van der Waals surface area contributed by atoms with Crippen LogP contribution in [0, 0.1) is 5.92 Å². The molecule has 1 aliphatic rings. The Hall–Kier alpha value is -3.06. The highest BCUT2D eigenvalue weighted by Gasteiger charge is 2.22. The quantitative estimate of drug-likeness (QED) is 0.339. The number of rotatable bonds is 12. The van der Waals surface area contributed by atoms with E-state index in [1.165, 1.54) is 12.8 Å². The number of para-hydroxylation sites is 1. The second-order valence-electron chi connectivity index (χ2n) is 9.83. The molecule has 2 aromatic carbocycles. The van der Waals surface area contributed by atoms with E-state index < -0.39 is 0 Å². The van der Waals surface area contributed by atoms with E-state index >= 15 is 0 Å². The molecule has 2 N–H and O–H groups in total. The lowest BCUT2D eigenvalue weighted by Crippen LogP contribution is -2.31. The molecular weight excluding hydrogens is 450 g/mol. The number of nitrogens with zero attached hydrogens (tertiary/aromatic N) is 3. The maximum Gasteiger partial charge on any atom is 0.225 e. The van der Waals surface area contributed by atoms with E-state index in [-0.39, 0.29) is 0 Å². The monoisotopic (exact) mass is 491 g/mol. The van der Waals surface area contributed by atoms with E-state index in [1.807, 2.05) is 45.3 Å². The minimum absolute atomic E-state index is 0.411. The predicted octanol–water partition coefficient (Wildman–Crippen LogP) is 5.64. The summed E-state index contributed by atoms with van der Waals surface area (Å²) in [6.07, 6.45) is 5.64. The molecule has 0 atom stereocenters. The minimum atomic E-state index is 0.411. The van der Waals surface area contributed by atoms with E-state index in [9.17, 15) is 0 Å². The lowest BCUT2D eigenvalue weighted by atomic mass is 9.86. The second-order valence-corrected chi connectivity index (χ2v) is 9.83. The topological polar surface area (TPSA) is 71.5 Å². The number of ether oxygens (including phenoxy) is 2. The number of fused-ring (bicyclic) bond motifs is 1. The third kappa shape index (κ3) is 6.78. The lowest BCUT2D eigenvalue weighted by molar-refractivity contribution is 0.309. The molecule has 0 radical (unpaired) electrons. The van der Waals surface area contributed by atoms with Crippen molar-refractivity contribution in [2.45, 2.75) is 58.5 Å². The maximum atomic E-state index is 5.84. The summed E-state index contributed by atoms with van der Waals surface area (Å²) in [7, 11) is 4.06. The van der Waals surface area contributed by atoms with Crippen LogP contribution in [0.25, 0.3) is 10.9 Å². The highest BCUT2D eigenvalue weighted by Crippen LogP contribution is 2.29. The van der Waals surface area contributed by atoms with Crippen LogP contribution in [-0.4, -0.2) is 49.9 Å². The summed E-state index contributed by atoms with van der Waals surface area (Å²) in [5, 5.41) is 8.37. The van der Waals surface area contributed by atoms with Gasteiger partial charge in [-0.2, -0.15) is 4.98 Å². The first-order chi connectivity index (χ1) is 17.6. The summed E-state index contributed by atoms with van der Waals surface area (Å²) in [6.45, 7) is 7.34. The smallest absolute Gasteiger partial charge is 0.225 e. The summed E-state index contributed by atoms with van der Waals surface area (Å²) in [5.74, 6) is 4.21. The van der Waals surface area contributed by atoms with Crippen LogP contribution in [0.1, 0.15) is 51.5 Å². The molecule has 1 fully saturated rings. The molecule has 4 rings (SSSR count). The highest BCUT2D eigenvalue weighted by atomic mass is 16.5. The zero-order chi connectivity index (χ0) is 25.3. The molecule has 0 unspecified atom stereocenters. The third-order valence-electron chi connectivity index (χ3n) is 6.74. The van der Waals surface area contributed by atoms with Crippen molar-refractivity contribution in [3.63, 3.8) is 0 Å². The molecule has 1 saturated carbocycles. The average molecular weight is 492 g/mol. The van der Waals surface area contributed by atoms with Gasteiger partial charge in [-0.3, -0.25) is 0 Å². The van der Waals surface area contributed by atoms with Crippen LogP contribution >= 0.6 is 0 Å². The number of aromatic nitrogens is 2. The summed E-state index contributed by atoms with van der Waals surface area (Å²) in [5.41, 5.74) is 2.14. The Morgan fingerprint density at radius 1 is 0.972 bits per heavy atom. The van der Waals surface area contributed by atoms with Crippen molar-refractivity contribution in [3.8, 4) is 11.5 Å². The molecule has 1 aliphatic carbocycles. The standard InChI is InChI=1S/C29H41N5O2/c1-5-17-36-24-15-16-27(35-6-2)22(18-24)20-30-19-21-11-13-23(14-12-21)31-29-32-26-10-8-7-9-25(26)28(33-29)34(3)4/h7-10,15-16,18,21,23,30H,5-6,11-14,17,19-20H2,1-4H3,(H,31,32,33). The fraction of sp³-hybridized carbons (Fsp3) is 0.517. The van der Waals surface area contributed by atoms with E-state index in [0.29, 0.717) is 18.6 Å². The van der Waals surface area contributed by atoms with Gasteiger partial charge in [0.15, 0.2) is 0 Å². The first-order valence-electron chi connectivity index (χ1n) is 13.4. The van der Waals surface area contributed by atoms with Crippen molar-refractivity contribution in [1.29, 1.82) is 0 Å². The van der Waals surface area contributed by atoms with Gasteiger partial charge in [-0.15, -0.1) is 0 Å². The van der Waals surface area contributed by atoms with Crippen LogP contribution in [-0.2, 0) is 6.54 Å². The molecule has 194 valence electrons. The van der Waals surface area contributed by atoms with E-state index in [0.717, 1.165) is 78.7 Å². The molecule has 3 aromatic rings. The van der Waals surface area contributed by atoms with E-state index in [4.69, 9.17) is 19.4 Å². The van der Waals surface area contributed by atoms with Gasteiger partial charge in [0.25, 0.3) is 0 Å². The molecule has 0 bridgehead atoms. The molecule has 1 heterocycles. The molecule has 1 aromatic heterocycles. The summed E-state index contributed by atoms with van der Waals surface area (Å²) < 4.78 is 11.7. The summed E-state index contributed by atoms with van der Waals surface area (Å²) in [4.78, 5) is 11.7. The highest BCUT2D eigenvalue weighted by molar-refractivity contribution is 5.90. The largest absolute Gasteiger partial charge is 0.494 e. The van der Waals surface area contributed by atoms with Gasteiger partial charge in [0.2, 0.25) is 5.95 Å².